The highest BCUT2D eigenvalue weighted by molar-refractivity contribution is 9.10. The van der Waals surface area contributed by atoms with Crippen LogP contribution in [0.5, 0.6) is 0 Å². The molecule has 1 saturated heterocycles. The van der Waals surface area contributed by atoms with Gasteiger partial charge in [0, 0.05) is 37.2 Å². The third kappa shape index (κ3) is 3.81. The second-order valence-corrected chi connectivity index (χ2v) is 5.25. The van der Waals surface area contributed by atoms with E-state index in [2.05, 4.69) is 56.1 Å². The number of nitrogens with zero attached hydrogens (tertiary/aromatic N) is 3. The third-order valence-electron chi connectivity index (χ3n) is 3.08. The average molecular weight is 294 g/mol. The lowest BCUT2D eigenvalue weighted by Gasteiger charge is -2.33. The summed E-state index contributed by atoms with van der Waals surface area (Å²) >= 11 is 3.44. The molecule has 0 spiro atoms. The molecule has 0 unspecified atom stereocenters. The normalized spacial score (nSPS) is 17.9. The van der Waals surface area contributed by atoms with Crippen LogP contribution in [0.15, 0.2) is 28.7 Å². The van der Waals surface area contributed by atoms with Crippen LogP contribution < -0.4 is 0 Å². The van der Waals surface area contributed by atoms with Crippen molar-refractivity contribution in [3.8, 4) is 6.07 Å². The molecule has 0 amide bonds. The maximum absolute atomic E-state index is 8.64. The van der Waals surface area contributed by atoms with Crippen molar-refractivity contribution in [3.05, 3.63) is 34.3 Å². The van der Waals surface area contributed by atoms with Gasteiger partial charge in [0.1, 0.15) is 0 Å². The highest BCUT2D eigenvalue weighted by atomic mass is 79.9. The first kappa shape index (κ1) is 12.6. The molecular formula is C13H16BrN3. The van der Waals surface area contributed by atoms with Gasteiger partial charge in [-0.2, -0.15) is 5.26 Å². The summed E-state index contributed by atoms with van der Waals surface area (Å²) in [4.78, 5) is 4.65. The average Bonchev–Trinajstić information content (AvgIpc) is 2.35. The molecule has 0 saturated carbocycles. The van der Waals surface area contributed by atoms with E-state index >= 15 is 0 Å². The van der Waals surface area contributed by atoms with Gasteiger partial charge in [-0.15, -0.1) is 0 Å². The number of hydrogen-bond donors (Lipinski definition) is 0. The SMILES string of the molecule is N#CCN1CCN(Cc2ccc(Br)cc2)CC1. The van der Waals surface area contributed by atoms with Crippen molar-refractivity contribution in [2.75, 3.05) is 32.7 Å². The first-order valence-corrected chi connectivity index (χ1v) is 6.63. The summed E-state index contributed by atoms with van der Waals surface area (Å²) in [7, 11) is 0. The van der Waals surface area contributed by atoms with Crippen LogP contribution in [0.2, 0.25) is 0 Å². The monoisotopic (exact) mass is 293 g/mol. The quantitative estimate of drug-likeness (QED) is 0.800. The Kier molecular flexibility index (Phi) is 4.55. The summed E-state index contributed by atoms with van der Waals surface area (Å²) < 4.78 is 1.13. The Morgan fingerprint density at radius 3 is 2.24 bits per heavy atom. The van der Waals surface area contributed by atoms with E-state index in [1.54, 1.807) is 0 Å². The van der Waals surface area contributed by atoms with Gasteiger partial charge in [0.15, 0.2) is 0 Å². The molecular weight excluding hydrogens is 278 g/mol. The van der Waals surface area contributed by atoms with Crippen LogP contribution in [-0.4, -0.2) is 42.5 Å². The highest BCUT2D eigenvalue weighted by Crippen LogP contribution is 2.13. The van der Waals surface area contributed by atoms with Crippen molar-refractivity contribution in [1.29, 1.82) is 5.26 Å². The van der Waals surface area contributed by atoms with Gasteiger partial charge in [0.2, 0.25) is 0 Å². The fraction of sp³-hybridized carbons (Fsp3) is 0.462. The van der Waals surface area contributed by atoms with Gasteiger partial charge < -0.3 is 0 Å². The van der Waals surface area contributed by atoms with Crippen molar-refractivity contribution < 1.29 is 0 Å². The minimum Gasteiger partial charge on any atom is -0.297 e. The molecule has 0 aromatic heterocycles. The molecule has 1 aliphatic heterocycles. The minimum absolute atomic E-state index is 0.562. The Morgan fingerprint density at radius 2 is 1.65 bits per heavy atom. The summed E-state index contributed by atoms with van der Waals surface area (Å²) in [5.41, 5.74) is 1.35. The summed E-state index contributed by atoms with van der Waals surface area (Å²) in [6, 6.07) is 10.7. The zero-order chi connectivity index (χ0) is 12.1. The van der Waals surface area contributed by atoms with E-state index in [0.29, 0.717) is 6.54 Å². The first-order chi connectivity index (χ1) is 8.28. The van der Waals surface area contributed by atoms with E-state index in [-0.39, 0.29) is 0 Å². The van der Waals surface area contributed by atoms with Gasteiger partial charge in [-0.3, -0.25) is 9.80 Å². The number of piperazine rings is 1. The van der Waals surface area contributed by atoms with Gasteiger partial charge >= 0.3 is 0 Å². The number of hydrogen-bond acceptors (Lipinski definition) is 3. The molecule has 2 rings (SSSR count). The molecule has 4 heteroatoms. The molecule has 90 valence electrons. The van der Waals surface area contributed by atoms with Gasteiger partial charge in [0.25, 0.3) is 0 Å². The molecule has 0 bridgehead atoms. The molecule has 0 atom stereocenters. The number of halogens is 1. The van der Waals surface area contributed by atoms with E-state index in [1.807, 2.05) is 0 Å². The Labute approximate surface area is 111 Å². The molecule has 0 aliphatic carbocycles. The van der Waals surface area contributed by atoms with Crippen molar-refractivity contribution in [3.63, 3.8) is 0 Å². The van der Waals surface area contributed by atoms with Crippen LogP contribution in [0.25, 0.3) is 0 Å². The molecule has 1 aliphatic rings. The number of benzene rings is 1. The predicted octanol–water partition coefficient (Wildman–Crippen LogP) is 2.09. The Morgan fingerprint density at radius 1 is 1.06 bits per heavy atom. The predicted molar refractivity (Wildman–Crippen MR) is 71.5 cm³/mol. The van der Waals surface area contributed by atoms with E-state index < -0.39 is 0 Å². The van der Waals surface area contributed by atoms with Crippen LogP contribution in [0.4, 0.5) is 0 Å². The largest absolute Gasteiger partial charge is 0.297 e. The van der Waals surface area contributed by atoms with Gasteiger partial charge in [-0.05, 0) is 17.7 Å². The molecule has 1 heterocycles. The van der Waals surface area contributed by atoms with Crippen molar-refractivity contribution in [1.82, 2.24) is 9.80 Å². The van der Waals surface area contributed by atoms with Crippen LogP contribution in [0.3, 0.4) is 0 Å². The van der Waals surface area contributed by atoms with Crippen LogP contribution in [0, 0.1) is 11.3 Å². The lowest BCUT2D eigenvalue weighted by Crippen LogP contribution is -2.45. The molecule has 1 aromatic rings. The minimum atomic E-state index is 0.562. The Hall–Kier alpha value is -0.890. The standard InChI is InChI=1S/C13H16BrN3/c14-13-3-1-12(2-4-13)11-17-9-7-16(6-5-15)8-10-17/h1-4H,6-11H2. The second-order valence-electron chi connectivity index (χ2n) is 4.34. The smallest absolute Gasteiger partial charge is 0.0866 e. The zero-order valence-corrected chi connectivity index (χ0v) is 11.4. The Bertz CT molecular complexity index is 388. The van der Waals surface area contributed by atoms with Crippen molar-refractivity contribution >= 4 is 15.9 Å². The van der Waals surface area contributed by atoms with Crippen LogP contribution in [-0.2, 0) is 6.54 Å². The highest BCUT2D eigenvalue weighted by Gasteiger charge is 2.16. The molecule has 17 heavy (non-hydrogen) atoms. The fourth-order valence-corrected chi connectivity index (χ4v) is 2.32. The Balaban J connectivity index is 1.82. The van der Waals surface area contributed by atoms with Crippen LogP contribution >= 0.6 is 15.9 Å². The molecule has 3 nitrogen and oxygen atoms in total. The molecule has 1 aromatic carbocycles. The van der Waals surface area contributed by atoms with Crippen molar-refractivity contribution in [2.24, 2.45) is 0 Å². The van der Waals surface area contributed by atoms with E-state index in [0.717, 1.165) is 37.2 Å². The fourth-order valence-electron chi connectivity index (χ4n) is 2.05. The van der Waals surface area contributed by atoms with Gasteiger partial charge in [0.05, 0.1) is 12.6 Å². The third-order valence-corrected chi connectivity index (χ3v) is 3.61. The molecule has 0 N–H and O–H groups in total. The maximum atomic E-state index is 8.64. The summed E-state index contributed by atoms with van der Waals surface area (Å²) in [6.45, 7) is 5.68. The van der Waals surface area contributed by atoms with E-state index in [9.17, 15) is 0 Å². The van der Waals surface area contributed by atoms with Gasteiger partial charge in [-0.25, -0.2) is 0 Å². The summed E-state index contributed by atoms with van der Waals surface area (Å²) in [5.74, 6) is 0. The lowest BCUT2D eigenvalue weighted by atomic mass is 10.2. The van der Waals surface area contributed by atoms with E-state index in [4.69, 9.17) is 5.26 Å². The maximum Gasteiger partial charge on any atom is 0.0866 e. The molecule has 1 fully saturated rings. The molecule has 0 radical (unpaired) electrons. The zero-order valence-electron chi connectivity index (χ0n) is 9.77. The van der Waals surface area contributed by atoms with Crippen LogP contribution in [0.1, 0.15) is 5.56 Å². The first-order valence-electron chi connectivity index (χ1n) is 5.84. The summed E-state index contributed by atoms with van der Waals surface area (Å²) in [6.07, 6.45) is 0. The van der Waals surface area contributed by atoms with Crippen molar-refractivity contribution in [2.45, 2.75) is 6.54 Å². The number of rotatable bonds is 3. The summed E-state index contributed by atoms with van der Waals surface area (Å²) in [5, 5.41) is 8.64. The number of nitriles is 1. The van der Waals surface area contributed by atoms with Gasteiger partial charge in [-0.1, -0.05) is 28.1 Å². The lowest BCUT2D eigenvalue weighted by molar-refractivity contribution is 0.138. The second kappa shape index (κ2) is 6.15. The van der Waals surface area contributed by atoms with E-state index in [1.165, 1.54) is 5.56 Å². The topological polar surface area (TPSA) is 30.3 Å².